The normalized spacial score (nSPS) is 12.2. The molecule has 372 valence electrons. The zero-order chi connectivity index (χ0) is 52.8. The van der Waals surface area contributed by atoms with Crippen molar-refractivity contribution in [1.29, 1.82) is 0 Å². The first kappa shape index (κ1) is 51.4. The molecule has 0 spiro atoms. The Kier molecular flexibility index (Phi) is 17.7. The predicted molar refractivity (Wildman–Crippen MR) is 345 cm³/mol. The second-order valence-electron chi connectivity index (χ2n) is 19.2. The molecule has 0 heterocycles. The van der Waals surface area contributed by atoms with Crippen molar-refractivity contribution in [3.05, 3.63) is 355 Å². The number of hydrogen-bond acceptors (Lipinski definition) is 0. The van der Waals surface area contributed by atoms with Gasteiger partial charge in [-0.1, -0.05) is 291 Å². The standard InChI is InChI=1S/C78H60/c1-7-19-61(20-8-1)31-37-67-49-68(38-32-62-21-9-2-10-22-62)53-73(52-67)43-46-76-58-77(47-44-74-54-69(39-33-63-23-11-3-12-24-63)50-70(55-74)40-34-64-25-13-4-14-26-64)60-78(59-76)48-45-75-56-71(41-35-65-27-15-5-16-28-65)51-72(57-75)42-36-66-29-17-6-18-30-66/h1-60H/b37-31+,38-32+,39-33+,40-34+,41-35+,42-36+,46-43+,47-44+,48-45+. The lowest BCUT2D eigenvalue weighted by Gasteiger charge is -2.06. The van der Waals surface area contributed by atoms with Gasteiger partial charge in [-0.25, -0.2) is 0 Å². The zero-order valence-corrected chi connectivity index (χ0v) is 43.6. The minimum atomic E-state index is 1.10. The highest BCUT2D eigenvalue weighted by atomic mass is 14.1. The van der Waals surface area contributed by atoms with Gasteiger partial charge in [-0.3, -0.25) is 0 Å². The summed E-state index contributed by atoms with van der Waals surface area (Å²) in [5.41, 5.74) is 20.4. The smallest absolute Gasteiger partial charge is 0.0245 e. The number of hydrogen-bond donors (Lipinski definition) is 0. The molecule has 0 aliphatic carbocycles. The zero-order valence-electron chi connectivity index (χ0n) is 43.6. The number of benzene rings is 10. The maximum Gasteiger partial charge on any atom is -0.0245 e. The quantitative estimate of drug-likeness (QED) is 0.0752. The van der Waals surface area contributed by atoms with Crippen LogP contribution in [0.2, 0.25) is 0 Å². The molecule has 0 amide bonds. The average Bonchev–Trinajstić information content (AvgIpc) is 3.50. The van der Waals surface area contributed by atoms with E-state index >= 15 is 0 Å². The van der Waals surface area contributed by atoms with Crippen molar-refractivity contribution in [2.45, 2.75) is 0 Å². The fourth-order valence-corrected chi connectivity index (χ4v) is 9.08. The van der Waals surface area contributed by atoms with E-state index in [4.69, 9.17) is 0 Å². The first-order valence-electron chi connectivity index (χ1n) is 26.6. The fraction of sp³-hybridized carbons (Fsp3) is 0. The topological polar surface area (TPSA) is 0 Å². The highest BCUT2D eigenvalue weighted by Gasteiger charge is 2.03. The molecule has 10 aromatic carbocycles. The lowest BCUT2D eigenvalue weighted by atomic mass is 9.99. The van der Waals surface area contributed by atoms with E-state index in [0.717, 1.165) is 100 Å². The molecule has 0 atom stereocenters. The fourth-order valence-electron chi connectivity index (χ4n) is 9.08. The maximum atomic E-state index is 2.27. The van der Waals surface area contributed by atoms with Gasteiger partial charge in [0.15, 0.2) is 0 Å². The highest BCUT2D eigenvalue weighted by Crippen LogP contribution is 2.25. The van der Waals surface area contributed by atoms with Crippen LogP contribution >= 0.6 is 0 Å². The lowest BCUT2D eigenvalue weighted by molar-refractivity contribution is 1.56. The lowest BCUT2D eigenvalue weighted by Crippen LogP contribution is -1.85. The summed E-state index contributed by atoms with van der Waals surface area (Å²) in [6.45, 7) is 0. The summed E-state index contributed by atoms with van der Waals surface area (Å²) in [6.07, 6.45) is 39.7. The molecule has 0 aliphatic heterocycles. The van der Waals surface area contributed by atoms with Crippen LogP contribution in [-0.4, -0.2) is 0 Å². The molecular formula is C78H60. The Bertz CT molecular complexity index is 3210. The molecule has 10 rings (SSSR count). The number of rotatable bonds is 18. The van der Waals surface area contributed by atoms with Gasteiger partial charge < -0.3 is 0 Å². The Morgan fingerprint density at radius 1 is 0.103 bits per heavy atom. The molecule has 0 heteroatoms. The van der Waals surface area contributed by atoms with Crippen molar-refractivity contribution in [2.24, 2.45) is 0 Å². The van der Waals surface area contributed by atoms with Gasteiger partial charge in [0.05, 0.1) is 0 Å². The summed E-state index contributed by atoms with van der Waals surface area (Å²) in [5.74, 6) is 0. The molecule has 0 nitrogen and oxygen atoms in total. The van der Waals surface area contributed by atoms with Gasteiger partial charge in [0.1, 0.15) is 0 Å². The molecule has 0 N–H and O–H groups in total. The Morgan fingerprint density at radius 2 is 0.192 bits per heavy atom. The van der Waals surface area contributed by atoms with Crippen LogP contribution in [0.3, 0.4) is 0 Å². The van der Waals surface area contributed by atoms with Gasteiger partial charge in [0.25, 0.3) is 0 Å². The first-order chi connectivity index (χ1) is 38.5. The summed E-state index contributed by atoms with van der Waals surface area (Å²) in [6, 6.07) is 89.9. The van der Waals surface area contributed by atoms with Gasteiger partial charge in [0, 0.05) is 0 Å². The third-order valence-electron chi connectivity index (χ3n) is 13.0. The monoisotopic (exact) mass is 996 g/mol. The van der Waals surface area contributed by atoms with E-state index in [9.17, 15) is 0 Å². The first-order valence-corrected chi connectivity index (χ1v) is 26.6. The molecule has 10 aromatic rings. The third kappa shape index (κ3) is 16.2. The van der Waals surface area contributed by atoms with E-state index in [-0.39, 0.29) is 0 Å². The molecule has 0 aliphatic rings. The summed E-state index contributed by atoms with van der Waals surface area (Å²) in [7, 11) is 0. The van der Waals surface area contributed by atoms with Gasteiger partial charge >= 0.3 is 0 Å². The average molecular weight is 997 g/mol. The molecule has 0 radical (unpaired) electrons. The second-order valence-corrected chi connectivity index (χ2v) is 19.2. The van der Waals surface area contributed by atoms with Crippen molar-refractivity contribution in [1.82, 2.24) is 0 Å². The van der Waals surface area contributed by atoms with E-state index < -0.39 is 0 Å². The minimum Gasteiger partial charge on any atom is -0.0622 e. The van der Waals surface area contributed by atoms with Crippen LogP contribution in [0.25, 0.3) is 109 Å². The van der Waals surface area contributed by atoms with Gasteiger partial charge in [-0.15, -0.1) is 0 Å². The molecule has 0 saturated heterocycles. The van der Waals surface area contributed by atoms with Gasteiger partial charge in [-0.2, -0.15) is 0 Å². The summed E-state index contributed by atoms with van der Waals surface area (Å²) in [4.78, 5) is 0. The van der Waals surface area contributed by atoms with Crippen LogP contribution in [0, 0.1) is 0 Å². The summed E-state index contributed by atoms with van der Waals surface area (Å²) < 4.78 is 0. The Balaban J connectivity index is 1.03. The SMILES string of the molecule is C(=C\c1cc(/C=C/c2ccccc2)cc(/C=C/c2cc(/C=C/c3cc(/C=C/c4ccccc4)cc(/C=C/c4ccccc4)c3)cc(/C=C/c3cc(/C=C/c4ccccc4)cc(/C=C/c4ccccc4)c3)c2)c1)/c1ccccc1. The van der Waals surface area contributed by atoms with Crippen LogP contribution in [0.1, 0.15) is 100 Å². The largest absolute Gasteiger partial charge is 0.0622 e. The second kappa shape index (κ2) is 26.9. The van der Waals surface area contributed by atoms with Crippen molar-refractivity contribution in [3.63, 3.8) is 0 Å². The van der Waals surface area contributed by atoms with E-state index in [2.05, 4.69) is 364 Å². The Labute approximate surface area is 461 Å². The van der Waals surface area contributed by atoms with E-state index in [1.807, 2.05) is 0 Å². The van der Waals surface area contributed by atoms with Gasteiger partial charge in [0.2, 0.25) is 0 Å². The van der Waals surface area contributed by atoms with Crippen molar-refractivity contribution < 1.29 is 0 Å². The Morgan fingerprint density at radius 3 is 0.295 bits per heavy atom. The molecule has 78 heavy (non-hydrogen) atoms. The molecule has 0 saturated carbocycles. The summed E-state index contributed by atoms with van der Waals surface area (Å²) >= 11 is 0. The minimum absolute atomic E-state index is 1.10. The molecule has 0 bridgehead atoms. The van der Waals surface area contributed by atoms with Crippen molar-refractivity contribution in [2.75, 3.05) is 0 Å². The van der Waals surface area contributed by atoms with Crippen molar-refractivity contribution >= 4 is 109 Å². The van der Waals surface area contributed by atoms with E-state index in [1.54, 1.807) is 0 Å². The van der Waals surface area contributed by atoms with E-state index in [1.165, 1.54) is 0 Å². The van der Waals surface area contributed by atoms with Gasteiger partial charge in [-0.05, 0) is 173 Å². The van der Waals surface area contributed by atoms with Crippen LogP contribution in [0.15, 0.2) is 255 Å². The molecule has 0 fully saturated rings. The van der Waals surface area contributed by atoms with E-state index in [0.29, 0.717) is 0 Å². The highest BCUT2D eigenvalue weighted by molar-refractivity contribution is 5.84. The van der Waals surface area contributed by atoms with Crippen LogP contribution in [0.5, 0.6) is 0 Å². The molecule has 0 unspecified atom stereocenters. The van der Waals surface area contributed by atoms with Crippen LogP contribution in [-0.2, 0) is 0 Å². The third-order valence-corrected chi connectivity index (χ3v) is 13.0. The van der Waals surface area contributed by atoms with Crippen LogP contribution < -0.4 is 0 Å². The molecule has 0 aromatic heterocycles. The van der Waals surface area contributed by atoms with Crippen LogP contribution in [0.4, 0.5) is 0 Å². The maximum absolute atomic E-state index is 2.27. The Hall–Kier alpha value is -10.1. The molecular weight excluding hydrogens is 937 g/mol. The van der Waals surface area contributed by atoms with Crippen molar-refractivity contribution in [3.8, 4) is 0 Å². The summed E-state index contributed by atoms with van der Waals surface area (Å²) in [5, 5.41) is 0. The predicted octanol–water partition coefficient (Wildman–Crippen LogP) is 21.2.